The maximum atomic E-state index is 2.72. The summed E-state index contributed by atoms with van der Waals surface area (Å²) in [5, 5.41) is 0. The Kier molecular flexibility index (Phi) is 5.95. The highest BCUT2D eigenvalue weighted by Crippen LogP contribution is 2.25. The fourth-order valence-electron chi connectivity index (χ4n) is 3.95. The smallest absolute Gasteiger partial charge is 0.0125 e. The normalized spacial score (nSPS) is 24.8. The van der Waals surface area contributed by atoms with Crippen LogP contribution < -0.4 is 0 Å². The lowest BCUT2D eigenvalue weighted by Crippen LogP contribution is -2.51. The number of hydrogen-bond donors (Lipinski definition) is 0. The SMILES string of the molecule is CC(C)(C)CN1CCN(CC2CCN(C(C)(C)C)CC2)CC1. The van der Waals surface area contributed by atoms with Crippen LogP contribution in [0.5, 0.6) is 0 Å². The summed E-state index contributed by atoms with van der Waals surface area (Å²) in [5.74, 6) is 0.924. The van der Waals surface area contributed by atoms with E-state index in [1.807, 2.05) is 0 Å². The second-order valence-electron chi connectivity index (χ2n) is 9.74. The van der Waals surface area contributed by atoms with Crippen LogP contribution in [-0.2, 0) is 0 Å². The number of nitrogens with zero attached hydrogens (tertiary/aromatic N) is 3. The van der Waals surface area contributed by atoms with E-state index in [2.05, 4.69) is 56.2 Å². The number of likely N-dealkylation sites (tertiary alicyclic amines) is 1. The third kappa shape index (κ3) is 5.82. The Morgan fingerprint density at radius 1 is 0.727 bits per heavy atom. The van der Waals surface area contributed by atoms with Gasteiger partial charge in [-0.1, -0.05) is 20.8 Å². The highest BCUT2D eigenvalue weighted by atomic mass is 15.3. The molecule has 0 saturated carbocycles. The summed E-state index contributed by atoms with van der Waals surface area (Å²) in [6.45, 7) is 24.3. The van der Waals surface area contributed by atoms with Crippen LogP contribution in [0.4, 0.5) is 0 Å². The third-order valence-electron chi connectivity index (χ3n) is 5.24. The molecule has 0 aromatic rings. The Bertz CT molecular complexity index is 324. The Balaban J connectivity index is 1.67. The summed E-state index contributed by atoms with van der Waals surface area (Å²) < 4.78 is 0. The Labute approximate surface area is 139 Å². The van der Waals surface area contributed by atoms with Crippen LogP contribution in [0.2, 0.25) is 0 Å². The lowest BCUT2D eigenvalue weighted by Gasteiger charge is -2.43. The van der Waals surface area contributed by atoms with Crippen molar-refractivity contribution in [2.24, 2.45) is 11.3 Å². The van der Waals surface area contributed by atoms with Gasteiger partial charge in [-0.3, -0.25) is 4.90 Å². The van der Waals surface area contributed by atoms with Gasteiger partial charge in [-0.2, -0.15) is 0 Å². The fraction of sp³-hybridized carbons (Fsp3) is 1.00. The molecule has 0 atom stereocenters. The van der Waals surface area contributed by atoms with Crippen LogP contribution >= 0.6 is 0 Å². The average Bonchev–Trinajstić information content (AvgIpc) is 2.39. The van der Waals surface area contributed by atoms with E-state index in [1.54, 1.807) is 0 Å². The van der Waals surface area contributed by atoms with Crippen molar-refractivity contribution in [3.63, 3.8) is 0 Å². The van der Waals surface area contributed by atoms with Crippen molar-refractivity contribution < 1.29 is 0 Å². The molecule has 0 aromatic carbocycles. The molecule has 2 rings (SSSR count). The zero-order valence-corrected chi connectivity index (χ0v) is 16.0. The highest BCUT2D eigenvalue weighted by Gasteiger charge is 2.29. The Morgan fingerprint density at radius 3 is 1.68 bits per heavy atom. The van der Waals surface area contributed by atoms with Gasteiger partial charge < -0.3 is 9.80 Å². The second kappa shape index (κ2) is 7.19. The van der Waals surface area contributed by atoms with Gasteiger partial charge in [-0.05, 0) is 58.0 Å². The van der Waals surface area contributed by atoms with Gasteiger partial charge in [0.05, 0.1) is 0 Å². The van der Waals surface area contributed by atoms with E-state index >= 15 is 0 Å². The zero-order valence-electron chi connectivity index (χ0n) is 16.0. The van der Waals surface area contributed by atoms with Gasteiger partial charge in [0.2, 0.25) is 0 Å². The first-order chi connectivity index (χ1) is 10.1. The highest BCUT2D eigenvalue weighted by molar-refractivity contribution is 4.84. The van der Waals surface area contributed by atoms with E-state index in [0.29, 0.717) is 11.0 Å². The van der Waals surface area contributed by atoms with Gasteiger partial charge in [0.15, 0.2) is 0 Å². The molecule has 2 fully saturated rings. The molecule has 2 aliphatic heterocycles. The predicted octanol–water partition coefficient (Wildman–Crippen LogP) is 3.16. The minimum absolute atomic E-state index is 0.351. The summed E-state index contributed by atoms with van der Waals surface area (Å²) in [4.78, 5) is 8.03. The molecule has 0 aliphatic carbocycles. The van der Waals surface area contributed by atoms with Crippen molar-refractivity contribution in [3.05, 3.63) is 0 Å². The zero-order chi connectivity index (χ0) is 16.4. The summed E-state index contributed by atoms with van der Waals surface area (Å²) >= 11 is 0. The van der Waals surface area contributed by atoms with Crippen molar-refractivity contribution in [3.8, 4) is 0 Å². The molecule has 3 nitrogen and oxygen atoms in total. The van der Waals surface area contributed by atoms with Crippen molar-refractivity contribution in [1.82, 2.24) is 14.7 Å². The molecule has 0 bridgehead atoms. The van der Waals surface area contributed by atoms with E-state index < -0.39 is 0 Å². The standard InChI is InChI=1S/C19H39N3/c1-18(2,3)16-21-13-11-20(12-14-21)15-17-7-9-22(10-8-17)19(4,5)6/h17H,7-16H2,1-6H3. The van der Waals surface area contributed by atoms with Crippen molar-refractivity contribution in [2.75, 3.05) is 52.4 Å². The summed E-state index contributed by atoms with van der Waals surface area (Å²) in [5.41, 5.74) is 0.783. The van der Waals surface area contributed by atoms with Crippen molar-refractivity contribution in [1.29, 1.82) is 0 Å². The monoisotopic (exact) mass is 309 g/mol. The molecule has 2 saturated heterocycles. The topological polar surface area (TPSA) is 9.72 Å². The van der Waals surface area contributed by atoms with Gasteiger partial charge in [-0.15, -0.1) is 0 Å². The van der Waals surface area contributed by atoms with Gasteiger partial charge in [-0.25, -0.2) is 0 Å². The van der Waals surface area contributed by atoms with Crippen LogP contribution in [0.15, 0.2) is 0 Å². The van der Waals surface area contributed by atoms with Crippen LogP contribution in [-0.4, -0.2) is 72.6 Å². The van der Waals surface area contributed by atoms with Gasteiger partial charge >= 0.3 is 0 Å². The van der Waals surface area contributed by atoms with Gasteiger partial charge in [0.1, 0.15) is 0 Å². The molecule has 130 valence electrons. The van der Waals surface area contributed by atoms with E-state index in [4.69, 9.17) is 0 Å². The summed E-state index contributed by atoms with van der Waals surface area (Å²) in [6, 6.07) is 0. The van der Waals surface area contributed by atoms with E-state index in [-0.39, 0.29) is 0 Å². The Hall–Kier alpha value is -0.120. The minimum Gasteiger partial charge on any atom is -0.301 e. The summed E-state index contributed by atoms with van der Waals surface area (Å²) in [7, 11) is 0. The molecular formula is C19H39N3. The van der Waals surface area contributed by atoms with Crippen molar-refractivity contribution >= 4 is 0 Å². The number of piperidine rings is 1. The third-order valence-corrected chi connectivity index (χ3v) is 5.24. The molecule has 2 heterocycles. The fourth-order valence-corrected chi connectivity index (χ4v) is 3.95. The van der Waals surface area contributed by atoms with Crippen LogP contribution in [0.1, 0.15) is 54.4 Å². The number of rotatable bonds is 3. The lowest BCUT2D eigenvalue weighted by molar-refractivity contribution is 0.0555. The molecule has 3 heteroatoms. The first-order valence-electron chi connectivity index (χ1n) is 9.33. The molecule has 0 aromatic heterocycles. The molecular weight excluding hydrogens is 270 g/mol. The molecule has 0 spiro atoms. The van der Waals surface area contributed by atoms with E-state index in [9.17, 15) is 0 Å². The molecule has 22 heavy (non-hydrogen) atoms. The first kappa shape index (κ1) is 18.2. The quantitative estimate of drug-likeness (QED) is 0.793. The molecule has 0 amide bonds. The molecule has 0 radical (unpaired) electrons. The first-order valence-corrected chi connectivity index (χ1v) is 9.33. The van der Waals surface area contributed by atoms with Crippen LogP contribution in [0.3, 0.4) is 0 Å². The molecule has 0 N–H and O–H groups in total. The average molecular weight is 310 g/mol. The Morgan fingerprint density at radius 2 is 1.23 bits per heavy atom. The number of piperazine rings is 1. The maximum absolute atomic E-state index is 2.72. The predicted molar refractivity (Wildman–Crippen MR) is 96.4 cm³/mol. The van der Waals surface area contributed by atoms with E-state index in [1.165, 1.54) is 65.2 Å². The van der Waals surface area contributed by atoms with E-state index in [0.717, 1.165) is 5.92 Å². The number of hydrogen-bond acceptors (Lipinski definition) is 3. The molecule has 2 aliphatic rings. The van der Waals surface area contributed by atoms with Crippen molar-refractivity contribution in [2.45, 2.75) is 59.9 Å². The lowest BCUT2D eigenvalue weighted by atomic mass is 9.92. The second-order valence-corrected chi connectivity index (χ2v) is 9.74. The summed E-state index contributed by atoms with van der Waals surface area (Å²) in [6.07, 6.45) is 2.78. The maximum Gasteiger partial charge on any atom is 0.0125 e. The minimum atomic E-state index is 0.351. The van der Waals surface area contributed by atoms with Gasteiger partial charge in [0, 0.05) is 44.8 Å². The van der Waals surface area contributed by atoms with Crippen LogP contribution in [0, 0.1) is 11.3 Å². The molecule has 0 unspecified atom stereocenters. The van der Waals surface area contributed by atoms with Gasteiger partial charge in [0.25, 0.3) is 0 Å². The largest absolute Gasteiger partial charge is 0.301 e. The van der Waals surface area contributed by atoms with Crippen LogP contribution in [0.25, 0.3) is 0 Å².